The van der Waals surface area contributed by atoms with Crippen molar-refractivity contribution in [1.82, 2.24) is 0 Å². The molecule has 0 aliphatic heterocycles. The Bertz CT molecular complexity index is 232. The molecule has 0 aromatic rings. The molecule has 16 heavy (non-hydrogen) atoms. The molecule has 0 saturated heterocycles. The third-order valence-electron chi connectivity index (χ3n) is 1.76. The molecule has 1 heteroatoms. The monoisotopic (exact) mass is 334 g/mol. The van der Waals surface area contributed by atoms with Crippen LogP contribution in [0.5, 0.6) is 0 Å². The molecule has 0 saturated carbocycles. The van der Waals surface area contributed by atoms with Gasteiger partial charge in [-0.25, -0.2) is 36.5 Å². The SMILES string of the molecule is [C-]1=CC=CC1.[C-]1=CC=CC1.[C-]1=CC=CC1.[La+3]. The normalized spacial score (nSPS) is 16.5. The minimum Gasteiger partial charge on any atom is -0.273 e. The number of allylic oxidation sites excluding steroid dienone is 12. The number of rotatable bonds is 0. The van der Waals surface area contributed by atoms with E-state index in [1.807, 2.05) is 36.5 Å². The second kappa shape index (κ2) is 12.7. The summed E-state index contributed by atoms with van der Waals surface area (Å²) in [7, 11) is 0. The Balaban J connectivity index is 0.000000205. The van der Waals surface area contributed by atoms with Crippen LogP contribution >= 0.6 is 0 Å². The van der Waals surface area contributed by atoms with Crippen LogP contribution in [0.25, 0.3) is 0 Å². The number of hydrogen-bond donors (Lipinski definition) is 0. The van der Waals surface area contributed by atoms with Crippen LogP contribution in [0.2, 0.25) is 0 Å². The molecular formula is C15H15La. The van der Waals surface area contributed by atoms with Crippen LogP contribution in [0.1, 0.15) is 19.3 Å². The van der Waals surface area contributed by atoms with Crippen molar-refractivity contribution in [2.75, 3.05) is 0 Å². The molecule has 0 fully saturated rings. The smallest absolute Gasteiger partial charge is 0.273 e. The van der Waals surface area contributed by atoms with Crippen molar-refractivity contribution in [1.29, 1.82) is 0 Å². The Kier molecular flexibility index (Phi) is 12.4. The van der Waals surface area contributed by atoms with Crippen molar-refractivity contribution < 1.29 is 35.6 Å². The molecule has 0 aromatic heterocycles. The van der Waals surface area contributed by atoms with Gasteiger partial charge in [0.05, 0.1) is 0 Å². The van der Waals surface area contributed by atoms with Crippen molar-refractivity contribution >= 4 is 0 Å². The summed E-state index contributed by atoms with van der Waals surface area (Å²) in [5.74, 6) is 0. The maximum absolute atomic E-state index is 2.99. The zero-order valence-corrected chi connectivity index (χ0v) is 13.0. The molecule has 3 aliphatic rings. The molecule has 0 bridgehead atoms. The van der Waals surface area contributed by atoms with Crippen LogP contribution < -0.4 is 0 Å². The van der Waals surface area contributed by atoms with Crippen molar-refractivity contribution in [3.63, 3.8) is 0 Å². The zero-order valence-electron chi connectivity index (χ0n) is 9.39. The van der Waals surface area contributed by atoms with Gasteiger partial charge in [0.2, 0.25) is 0 Å². The molecule has 0 amide bonds. The molecule has 0 radical (unpaired) electrons. The molecule has 0 atom stereocenters. The van der Waals surface area contributed by atoms with Gasteiger partial charge in [0, 0.05) is 0 Å². The van der Waals surface area contributed by atoms with Gasteiger partial charge in [-0.2, -0.15) is 18.2 Å². The average Bonchev–Trinajstić information content (AvgIpc) is 3.09. The Morgan fingerprint density at radius 1 is 0.562 bits per heavy atom. The van der Waals surface area contributed by atoms with Crippen LogP contribution in [0, 0.1) is 53.8 Å². The van der Waals surface area contributed by atoms with E-state index in [-0.39, 0.29) is 35.6 Å². The maximum atomic E-state index is 2.99. The molecule has 0 heterocycles. The van der Waals surface area contributed by atoms with E-state index in [4.69, 9.17) is 0 Å². The van der Waals surface area contributed by atoms with Gasteiger partial charge >= 0.3 is 35.6 Å². The van der Waals surface area contributed by atoms with Crippen LogP contribution in [-0.4, -0.2) is 0 Å². The minimum absolute atomic E-state index is 0. The van der Waals surface area contributed by atoms with Gasteiger partial charge in [-0.15, -0.1) is 19.3 Å². The summed E-state index contributed by atoms with van der Waals surface area (Å²) in [6.07, 6.45) is 30.0. The summed E-state index contributed by atoms with van der Waals surface area (Å²) < 4.78 is 0. The fraction of sp³-hybridized carbons (Fsp3) is 0.200. The third kappa shape index (κ3) is 10.2. The summed E-state index contributed by atoms with van der Waals surface area (Å²) in [5, 5.41) is 0. The molecule has 0 unspecified atom stereocenters. The Morgan fingerprint density at radius 3 is 0.938 bits per heavy atom. The molecular weight excluding hydrogens is 319 g/mol. The van der Waals surface area contributed by atoms with Crippen molar-refractivity contribution in [2.24, 2.45) is 0 Å². The van der Waals surface area contributed by atoms with Gasteiger partial charge in [-0.3, -0.25) is 18.2 Å². The van der Waals surface area contributed by atoms with E-state index < -0.39 is 0 Å². The largest absolute Gasteiger partial charge is 3.00 e. The minimum atomic E-state index is 0. The predicted octanol–water partition coefficient (Wildman–Crippen LogP) is 3.92. The van der Waals surface area contributed by atoms with E-state index in [0.717, 1.165) is 19.3 Å². The van der Waals surface area contributed by atoms with Gasteiger partial charge in [-0.1, -0.05) is 0 Å². The predicted molar refractivity (Wildman–Crippen MR) is 64.7 cm³/mol. The van der Waals surface area contributed by atoms with Crippen LogP contribution in [-0.2, 0) is 0 Å². The van der Waals surface area contributed by atoms with E-state index in [1.165, 1.54) is 0 Å². The zero-order chi connectivity index (χ0) is 10.6. The first-order valence-electron chi connectivity index (χ1n) is 5.15. The Labute approximate surface area is 127 Å². The summed E-state index contributed by atoms with van der Waals surface area (Å²) in [5.41, 5.74) is 0. The molecule has 3 rings (SSSR count). The van der Waals surface area contributed by atoms with Crippen LogP contribution in [0.3, 0.4) is 0 Å². The summed E-state index contributed by atoms with van der Waals surface area (Å²) >= 11 is 0. The topological polar surface area (TPSA) is 0 Å². The van der Waals surface area contributed by atoms with Gasteiger partial charge < -0.3 is 0 Å². The van der Waals surface area contributed by atoms with Crippen LogP contribution in [0.15, 0.2) is 54.7 Å². The van der Waals surface area contributed by atoms with Crippen molar-refractivity contribution in [3.8, 4) is 0 Å². The fourth-order valence-corrected chi connectivity index (χ4v) is 1.02. The van der Waals surface area contributed by atoms with E-state index in [2.05, 4.69) is 36.5 Å². The van der Waals surface area contributed by atoms with Crippen LogP contribution in [0.4, 0.5) is 0 Å². The Morgan fingerprint density at radius 2 is 0.875 bits per heavy atom. The standard InChI is InChI=1S/3C5H5.La/c3*1-2-4-5-3-1;/h3*1-3H,4H2;/q3*-1;+3. The first kappa shape index (κ1) is 15.6. The van der Waals surface area contributed by atoms with E-state index >= 15 is 0 Å². The first-order chi connectivity index (χ1) is 7.50. The second-order valence-electron chi connectivity index (χ2n) is 3.01. The number of hydrogen-bond acceptors (Lipinski definition) is 0. The maximum Gasteiger partial charge on any atom is 3.00 e. The summed E-state index contributed by atoms with van der Waals surface area (Å²) in [6, 6.07) is 0. The van der Waals surface area contributed by atoms with Gasteiger partial charge in [0.25, 0.3) is 0 Å². The third-order valence-corrected chi connectivity index (χ3v) is 1.76. The molecule has 0 N–H and O–H groups in total. The summed E-state index contributed by atoms with van der Waals surface area (Å²) in [6.45, 7) is 0. The molecule has 3 aliphatic carbocycles. The van der Waals surface area contributed by atoms with E-state index in [1.54, 1.807) is 0 Å². The van der Waals surface area contributed by atoms with Gasteiger partial charge in [-0.05, 0) is 0 Å². The second-order valence-corrected chi connectivity index (χ2v) is 3.01. The van der Waals surface area contributed by atoms with Gasteiger partial charge in [0.15, 0.2) is 0 Å². The van der Waals surface area contributed by atoms with Gasteiger partial charge in [0.1, 0.15) is 0 Å². The van der Waals surface area contributed by atoms with Crippen molar-refractivity contribution in [2.45, 2.75) is 19.3 Å². The van der Waals surface area contributed by atoms with E-state index in [0.29, 0.717) is 0 Å². The molecule has 0 aromatic carbocycles. The molecule has 78 valence electrons. The molecule has 0 spiro atoms. The summed E-state index contributed by atoms with van der Waals surface area (Å²) in [4.78, 5) is 0. The fourth-order valence-electron chi connectivity index (χ4n) is 1.02. The first-order valence-corrected chi connectivity index (χ1v) is 5.15. The Hall–Kier alpha value is -0.365. The van der Waals surface area contributed by atoms with Crippen molar-refractivity contribution in [3.05, 3.63) is 72.9 Å². The van der Waals surface area contributed by atoms with E-state index in [9.17, 15) is 0 Å². The quantitative estimate of drug-likeness (QED) is 0.589. The average molecular weight is 334 g/mol. The molecule has 0 nitrogen and oxygen atoms in total.